The van der Waals surface area contributed by atoms with Crippen LogP contribution in [-0.2, 0) is 7.05 Å². The summed E-state index contributed by atoms with van der Waals surface area (Å²) >= 11 is 1.45. The second-order valence-electron chi connectivity index (χ2n) is 7.62. The number of aryl methyl sites for hydroxylation is 2. The van der Waals surface area contributed by atoms with Crippen molar-refractivity contribution in [3.63, 3.8) is 0 Å². The van der Waals surface area contributed by atoms with E-state index in [0.29, 0.717) is 28.4 Å². The summed E-state index contributed by atoms with van der Waals surface area (Å²) in [7, 11) is 3.67. The minimum Gasteiger partial charge on any atom is -0.455 e. The van der Waals surface area contributed by atoms with Gasteiger partial charge in [-0.05, 0) is 80.4 Å². The van der Waals surface area contributed by atoms with Gasteiger partial charge in [-0.2, -0.15) is 9.49 Å². The van der Waals surface area contributed by atoms with Gasteiger partial charge in [0, 0.05) is 29.4 Å². The summed E-state index contributed by atoms with van der Waals surface area (Å²) in [6.07, 6.45) is 3.63. The van der Waals surface area contributed by atoms with Crippen LogP contribution < -0.4 is 14.8 Å². The first-order valence-corrected chi connectivity index (χ1v) is 11.4. The van der Waals surface area contributed by atoms with Gasteiger partial charge in [0.2, 0.25) is 5.95 Å². The molecule has 2 N–H and O–H groups in total. The SMILES string of the molecule is CNSc1cccc(NC(=O)c2c(Oc3ccc(F)nc3C)ccc(-c3cnn(C)c3)c2C)c1. The average molecular weight is 478 g/mol. The first kappa shape index (κ1) is 23.5. The number of halogens is 1. The van der Waals surface area contributed by atoms with E-state index in [9.17, 15) is 9.18 Å². The highest BCUT2D eigenvalue weighted by molar-refractivity contribution is 7.97. The minimum absolute atomic E-state index is 0.322. The normalized spacial score (nSPS) is 10.9. The van der Waals surface area contributed by atoms with Gasteiger partial charge in [0.1, 0.15) is 11.5 Å². The number of rotatable bonds is 7. The fourth-order valence-corrected chi connectivity index (χ4v) is 4.19. The van der Waals surface area contributed by atoms with E-state index in [-0.39, 0.29) is 5.91 Å². The molecule has 0 saturated carbocycles. The standard InChI is InChI=1S/C25H24FN5O2S/c1-15-20(17-13-28-31(4)14-17)8-9-22(33-21-10-11-23(26)29-16(21)2)24(15)25(32)30-18-6-5-7-19(12-18)34-27-3/h5-14,27H,1-4H3,(H,30,32). The summed E-state index contributed by atoms with van der Waals surface area (Å²) < 4.78 is 24.3. The Balaban J connectivity index is 1.76. The lowest BCUT2D eigenvalue weighted by Crippen LogP contribution is -2.15. The highest BCUT2D eigenvalue weighted by Crippen LogP contribution is 2.35. The molecular formula is C25H24FN5O2S. The molecule has 174 valence electrons. The van der Waals surface area contributed by atoms with Crippen LogP contribution in [0.5, 0.6) is 11.5 Å². The lowest BCUT2D eigenvalue weighted by molar-refractivity contribution is 0.102. The Kier molecular flexibility index (Phi) is 6.95. The maximum absolute atomic E-state index is 13.5. The van der Waals surface area contributed by atoms with Crippen molar-refractivity contribution >= 4 is 23.5 Å². The highest BCUT2D eigenvalue weighted by Gasteiger charge is 2.21. The molecule has 0 unspecified atom stereocenters. The Labute approximate surface area is 201 Å². The number of benzene rings is 2. The van der Waals surface area contributed by atoms with Gasteiger partial charge in [-0.25, -0.2) is 4.98 Å². The maximum atomic E-state index is 13.5. The zero-order valence-electron chi connectivity index (χ0n) is 19.2. The lowest BCUT2D eigenvalue weighted by atomic mass is 9.97. The molecule has 1 amide bonds. The number of ether oxygens (including phenoxy) is 1. The molecule has 2 heterocycles. The first-order chi connectivity index (χ1) is 16.4. The molecule has 9 heteroatoms. The quantitative estimate of drug-likeness (QED) is 0.270. The number of pyridine rings is 1. The van der Waals surface area contributed by atoms with Gasteiger partial charge in [0.05, 0.1) is 17.5 Å². The zero-order chi connectivity index (χ0) is 24.2. The van der Waals surface area contributed by atoms with Crippen LogP contribution >= 0.6 is 11.9 Å². The van der Waals surface area contributed by atoms with Gasteiger partial charge in [-0.15, -0.1) is 0 Å². The topological polar surface area (TPSA) is 81.1 Å². The number of carbonyl (C=O) groups is 1. The van der Waals surface area contributed by atoms with E-state index in [1.165, 1.54) is 24.1 Å². The number of nitrogens with one attached hydrogen (secondary N) is 2. The monoisotopic (exact) mass is 477 g/mol. The Morgan fingerprint density at radius 1 is 1.12 bits per heavy atom. The highest BCUT2D eigenvalue weighted by atomic mass is 32.2. The van der Waals surface area contributed by atoms with E-state index in [4.69, 9.17) is 4.74 Å². The third-order valence-corrected chi connectivity index (χ3v) is 5.90. The number of nitrogens with zero attached hydrogens (tertiary/aromatic N) is 3. The molecule has 0 atom stereocenters. The third kappa shape index (κ3) is 5.11. The zero-order valence-corrected chi connectivity index (χ0v) is 20.0. The molecule has 4 aromatic rings. The van der Waals surface area contributed by atoms with E-state index in [1.54, 1.807) is 23.9 Å². The number of carbonyl (C=O) groups excluding carboxylic acids is 1. The van der Waals surface area contributed by atoms with Crippen molar-refractivity contribution in [2.75, 3.05) is 12.4 Å². The summed E-state index contributed by atoms with van der Waals surface area (Å²) in [5, 5.41) is 7.22. The predicted molar refractivity (Wildman–Crippen MR) is 132 cm³/mol. The second-order valence-corrected chi connectivity index (χ2v) is 8.71. The Morgan fingerprint density at radius 2 is 1.91 bits per heavy atom. The molecule has 7 nitrogen and oxygen atoms in total. The van der Waals surface area contributed by atoms with Crippen LogP contribution in [0.1, 0.15) is 21.6 Å². The molecule has 4 rings (SSSR count). The molecule has 0 aliphatic rings. The predicted octanol–water partition coefficient (Wildman–Crippen LogP) is 5.51. The van der Waals surface area contributed by atoms with Gasteiger partial charge < -0.3 is 10.1 Å². The van der Waals surface area contributed by atoms with E-state index in [0.717, 1.165) is 21.6 Å². The van der Waals surface area contributed by atoms with Crippen LogP contribution in [0, 0.1) is 19.8 Å². The van der Waals surface area contributed by atoms with Crippen molar-refractivity contribution < 1.29 is 13.9 Å². The molecular weight excluding hydrogens is 453 g/mol. The maximum Gasteiger partial charge on any atom is 0.259 e. The Bertz CT molecular complexity index is 1360. The molecule has 0 radical (unpaired) electrons. The van der Waals surface area contributed by atoms with Crippen molar-refractivity contribution in [1.29, 1.82) is 0 Å². The van der Waals surface area contributed by atoms with Crippen LogP contribution in [0.4, 0.5) is 10.1 Å². The van der Waals surface area contributed by atoms with E-state index in [1.807, 2.05) is 57.5 Å². The van der Waals surface area contributed by atoms with Crippen LogP contribution in [0.15, 0.2) is 65.8 Å². The Hall–Kier alpha value is -3.69. The number of hydrogen-bond acceptors (Lipinski definition) is 6. The Morgan fingerprint density at radius 3 is 2.62 bits per heavy atom. The molecule has 34 heavy (non-hydrogen) atoms. The van der Waals surface area contributed by atoms with Gasteiger partial charge in [0.15, 0.2) is 0 Å². The molecule has 0 aliphatic heterocycles. The van der Waals surface area contributed by atoms with E-state index in [2.05, 4.69) is 20.1 Å². The summed E-state index contributed by atoms with van der Waals surface area (Å²) in [5.74, 6) is -0.195. The number of amides is 1. The van der Waals surface area contributed by atoms with Gasteiger partial charge >= 0.3 is 0 Å². The molecule has 0 saturated heterocycles. The smallest absolute Gasteiger partial charge is 0.259 e. The van der Waals surface area contributed by atoms with Crippen LogP contribution in [0.3, 0.4) is 0 Å². The molecule has 0 spiro atoms. The second kappa shape index (κ2) is 10.1. The molecule has 0 aliphatic carbocycles. The van der Waals surface area contributed by atoms with Crippen LogP contribution in [0.2, 0.25) is 0 Å². The van der Waals surface area contributed by atoms with Crippen molar-refractivity contribution in [1.82, 2.24) is 19.5 Å². The average Bonchev–Trinajstić information content (AvgIpc) is 3.22. The van der Waals surface area contributed by atoms with E-state index < -0.39 is 5.95 Å². The molecule has 0 fully saturated rings. The van der Waals surface area contributed by atoms with Crippen molar-refractivity contribution in [2.24, 2.45) is 7.05 Å². The molecule has 2 aromatic heterocycles. The van der Waals surface area contributed by atoms with E-state index >= 15 is 0 Å². The fraction of sp³-hybridized carbons (Fsp3) is 0.160. The number of aromatic nitrogens is 3. The summed E-state index contributed by atoms with van der Waals surface area (Å²) in [5.41, 5.74) is 3.89. The van der Waals surface area contributed by atoms with Crippen molar-refractivity contribution in [3.05, 3.63) is 83.7 Å². The number of hydrogen-bond donors (Lipinski definition) is 2. The lowest BCUT2D eigenvalue weighted by Gasteiger charge is -2.17. The molecule has 2 aromatic carbocycles. The summed E-state index contributed by atoms with van der Waals surface area (Å²) in [6.45, 7) is 3.52. The largest absolute Gasteiger partial charge is 0.455 e. The van der Waals surface area contributed by atoms with Gasteiger partial charge in [-0.3, -0.25) is 14.2 Å². The fourth-order valence-electron chi connectivity index (χ4n) is 3.62. The van der Waals surface area contributed by atoms with Gasteiger partial charge in [0.25, 0.3) is 5.91 Å². The molecule has 0 bridgehead atoms. The van der Waals surface area contributed by atoms with Crippen molar-refractivity contribution in [3.8, 4) is 22.6 Å². The third-order valence-electron chi connectivity index (χ3n) is 5.20. The van der Waals surface area contributed by atoms with Gasteiger partial charge in [-0.1, -0.05) is 12.1 Å². The number of anilines is 1. The van der Waals surface area contributed by atoms with Crippen molar-refractivity contribution in [2.45, 2.75) is 18.7 Å². The van der Waals surface area contributed by atoms with Crippen LogP contribution in [-0.4, -0.2) is 27.7 Å². The van der Waals surface area contributed by atoms with Crippen LogP contribution in [0.25, 0.3) is 11.1 Å². The minimum atomic E-state index is -0.592. The summed E-state index contributed by atoms with van der Waals surface area (Å²) in [4.78, 5) is 18.3. The first-order valence-electron chi connectivity index (χ1n) is 10.5. The summed E-state index contributed by atoms with van der Waals surface area (Å²) in [6, 6.07) is 13.9.